The van der Waals surface area contributed by atoms with Crippen LogP contribution in [0.3, 0.4) is 0 Å². The first kappa shape index (κ1) is 12.6. The summed E-state index contributed by atoms with van der Waals surface area (Å²) in [5, 5.41) is 3.48. The van der Waals surface area contributed by atoms with Gasteiger partial charge in [-0.15, -0.1) is 0 Å². The third-order valence-electron chi connectivity index (χ3n) is 2.83. The van der Waals surface area contributed by atoms with Gasteiger partial charge in [0.05, 0.1) is 6.04 Å². The first-order chi connectivity index (χ1) is 8.83. The maximum Gasteiger partial charge on any atom is 0.149 e. The monoisotopic (exact) mass is 242 g/mol. The van der Waals surface area contributed by atoms with Gasteiger partial charge < -0.3 is 5.32 Å². The Hall–Kier alpha value is -1.81. The van der Waals surface area contributed by atoms with E-state index in [0.29, 0.717) is 0 Å². The molecule has 18 heavy (non-hydrogen) atoms. The van der Waals surface area contributed by atoms with Gasteiger partial charge in [0.15, 0.2) is 0 Å². The topological polar surface area (TPSA) is 50.7 Å². The largest absolute Gasteiger partial charge is 0.304 e. The second-order valence-corrected chi connectivity index (χ2v) is 4.23. The minimum Gasteiger partial charge on any atom is -0.304 e. The molecule has 1 unspecified atom stereocenters. The molecular formula is C14H18N4. The lowest BCUT2D eigenvalue weighted by molar-refractivity contribution is 0.568. The van der Waals surface area contributed by atoms with Crippen molar-refractivity contribution in [2.75, 3.05) is 6.54 Å². The molecule has 94 valence electrons. The summed E-state index contributed by atoms with van der Waals surface area (Å²) in [6.45, 7) is 5.16. The van der Waals surface area contributed by atoms with Gasteiger partial charge in [-0.1, -0.05) is 6.92 Å². The molecule has 0 spiro atoms. The van der Waals surface area contributed by atoms with Gasteiger partial charge in [0, 0.05) is 24.8 Å². The highest BCUT2D eigenvalue weighted by molar-refractivity contribution is 5.29. The summed E-state index contributed by atoms with van der Waals surface area (Å²) in [5.41, 5.74) is 2.34. The van der Waals surface area contributed by atoms with E-state index in [2.05, 4.69) is 34.1 Å². The van der Waals surface area contributed by atoms with E-state index >= 15 is 0 Å². The molecule has 0 saturated heterocycles. The van der Waals surface area contributed by atoms with Gasteiger partial charge >= 0.3 is 0 Å². The summed E-state index contributed by atoms with van der Waals surface area (Å²) in [6.07, 6.45) is 8.31. The van der Waals surface area contributed by atoms with Crippen LogP contribution in [0, 0.1) is 6.92 Å². The zero-order valence-electron chi connectivity index (χ0n) is 10.8. The molecule has 0 aliphatic carbocycles. The summed E-state index contributed by atoms with van der Waals surface area (Å²) in [6, 6.07) is 3.86. The number of rotatable bonds is 5. The van der Waals surface area contributed by atoms with Crippen molar-refractivity contribution >= 4 is 0 Å². The minimum absolute atomic E-state index is 0.0137. The third-order valence-corrected chi connectivity index (χ3v) is 2.83. The number of nitrogens with zero attached hydrogens (tertiary/aromatic N) is 3. The van der Waals surface area contributed by atoms with Gasteiger partial charge in [0.1, 0.15) is 5.82 Å². The molecule has 0 bridgehead atoms. The molecule has 1 N–H and O–H groups in total. The van der Waals surface area contributed by atoms with Crippen molar-refractivity contribution in [3.8, 4) is 0 Å². The number of hydrogen-bond donors (Lipinski definition) is 1. The van der Waals surface area contributed by atoms with Crippen LogP contribution in [0.25, 0.3) is 0 Å². The summed E-state index contributed by atoms with van der Waals surface area (Å²) >= 11 is 0. The fraction of sp³-hybridized carbons (Fsp3) is 0.357. The van der Waals surface area contributed by atoms with E-state index in [4.69, 9.17) is 0 Å². The maximum atomic E-state index is 4.35. The highest BCUT2D eigenvalue weighted by atomic mass is 15.0. The highest BCUT2D eigenvalue weighted by Crippen LogP contribution is 2.20. The van der Waals surface area contributed by atoms with Crippen molar-refractivity contribution in [1.29, 1.82) is 0 Å². The van der Waals surface area contributed by atoms with Crippen molar-refractivity contribution in [1.82, 2.24) is 20.3 Å². The number of nitrogens with one attached hydrogen (secondary N) is 1. The van der Waals surface area contributed by atoms with Crippen LogP contribution in [0.1, 0.15) is 36.3 Å². The van der Waals surface area contributed by atoms with E-state index in [1.807, 2.05) is 24.5 Å². The molecule has 2 aromatic heterocycles. The molecule has 1 atom stereocenters. The van der Waals surface area contributed by atoms with E-state index < -0.39 is 0 Å². The van der Waals surface area contributed by atoms with Crippen LogP contribution >= 0.6 is 0 Å². The lowest BCUT2D eigenvalue weighted by Crippen LogP contribution is -2.25. The van der Waals surface area contributed by atoms with Crippen molar-refractivity contribution < 1.29 is 0 Å². The Morgan fingerprint density at radius 3 is 2.67 bits per heavy atom. The van der Waals surface area contributed by atoms with E-state index in [-0.39, 0.29) is 6.04 Å². The molecule has 4 heteroatoms. The summed E-state index contributed by atoms with van der Waals surface area (Å²) < 4.78 is 0. The van der Waals surface area contributed by atoms with Crippen LogP contribution in [-0.2, 0) is 0 Å². The van der Waals surface area contributed by atoms with Gasteiger partial charge in [0.25, 0.3) is 0 Å². The molecule has 2 aromatic rings. The SMILES string of the molecule is CCCNC(c1ncccn1)c1cnccc1C. The van der Waals surface area contributed by atoms with Crippen molar-refractivity contribution in [3.05, 3.63) is 53.9 Å². The molecule has 0 fully saturated rings. The molecule has 2 rings (SSSR count). The first-order valence-electron chi connectivity index (χ1n) is 6.23. The van der Waals surface area contributed by atoms with Gasteiger partial charge in [-0.3, -0.25) is 4.98 Å². The Morgan fingerprint density at radius 1 is 1.22 bits per heavy atom. The van der Waals surface area contributed by atoms with E-state index in [9.17, 15) is 0 Å². The Labute approximate surface area is 108 Å². The number of pyridine rings is 1. The molecule has 0 aromatic carbocycles. The van der Waals surface area contributed by atoms with Gasteiger partial charge in [0.2, 0.25) is 0 Å². The zero-order valence-corrected chi connectivity index (χ0v) is 10.8. The van der Waals surface area contributed by atoms with E-state index in [0.717, 1.165) is 24.4 Å². The lowest BCUT2D eigenvalue weighted by Gasteiger charge is -2.18. The van der Waals surface area contributed by atoms with Gasteiger partial charge in [-0.05, 0) is 43.1 Å². The van der Waals surface area contributed by atoms with Crippen LogP contribution in [0.5, 0.6) is 0 Å². The fourth-order valence-electron chi connectivity index (χ4n) is 1.87. The summed E-state index contributed by atoms with van der Waals surface area (Å²) in [7, 11) is 0. The van der Waals surface area contributed by atoms with E-state index in [1.165, 1.54) is 5.56 Å². The maximum absolute atomic E-state index is 4.35. The standard InChI is InChI=1S/C14H18N4/c1-3-6-16-13(14-17-7-4-8-18-14)12-10-15-9-5-11(12)2/h4-5,7-10,13,16H,3,6H2,1-2H3. The predicted octanol–water partition coefficient (Wildman–Crippen LogP) is 2.27. The number of aromatic nitrogens is 3. The Balaban J connectivity index is 2.34. The van der Waals surface area contributed by atoms with Gasteiger partial charge in [-0.25, -0.2) is 9.97 Å². The van der Waals surface area contributed by atoms with Crippen LogP contribution < -0.4 is 5.32 Å². The average molecular weight is 242 g/mol. The average Bonchev–Trinajstić information content (AvgIpc) is 2.42. The van der Waals surface area contributed by atoms with Crippen LogP contribution in [0.4, 0.5) is 0 Å². The first-order valence-corrected chi connectivity index (χ1v) is 6.23. The Morgan fingerprint density at radius 2 is 2.00 bits per heavy atom. The van der Waals surface area contributed by atoms with Crippen molar-refractivity contribution in [2.45, 2.75) is 26.3 Å². The minimum atomic E-state index is 0.0137. The summed E-state index contributed by atoms with van der Waals surface area (Å²) in [4.78, 5) is 12.9. The smallest absolute Gasteiger partial charge is 0.149 e. The Bertz CT molecular complexity index is 484. The zero-order chi connectivity index (χ0) is 12.8. The van der Waals surface area contributed by atoms with E-state index in [1.54, 1.807) is 12.4 Å². The predicted molar refractivity (Wildman–Crippen MR) is 71.1 cm³/mol. The molecule has 0 aliphatic heterocycles. The molecule has 0 aliphatic rings. The van der Waals surface area contributed by atoms with Crippen LogP contribution in [-0.4, -0.2) is 21.5 Å². The van der Waals surface area contributed by atoms with Crippen molar-refractivity contribution in [2.24, 2.45) is 0 Å². The Kier molecular flexibility index (Phi) is 4.36. The quantitative estimate of drug-likeness (QED) is 0.873. The second-order valence-electron chi connectivity index (χ2n) is 4.23. The third kappa shape index (κ3) is 2.90. The van der Waals surface area contributed by atoms with Crippen LogP contribution in [0.15, 0.2) is 36.9 Å². The normalized spacial score (nSPS) is 12.3. The molecular weight excluding hydrogens is 224 g/mol. The highest BCUT2D eigenvalue weighted by Gasteiger charge is 2.17. The fourth-order valence-corrected chi connectivity index (χ4v) is 1.87. The molecule has 0 saturated carbocycles. The second kappa shape index (κ2) is 6.21. The summed E-state index contributed by atoms with van der Waals surface area (Å²) in [5.74, 6) is 0.794. The van der Waals surface area contributed by atoms with Crippen molar-refractivity contribution in [3.63, 3.8) is 0 Å². The lowest BCUT2D eigenvalue weighted by atomic mass is 10.0. The molecule has 4 nitrogen and oxygen atoms in total. The molecule has 2 heterocycles. The molecule has 0 radical (unpaired) electrons. The number of aryl methyl sites for hydroxylation is 1. The van der Waals surface area contributed by atoms with Crippen LogP contribution in [0.2, 0.25) is 0 Å². The molecule has 0 amide bonds. The van der Waals surface area contributed by atoms with Gasteiger partial charge in [-0.2, -0.15) is 0 Å². The number of hydrogen-bond acceptors (Lipinski definition) is 4.